The van der Waals surface area contributed by atoms with Crippen LogP contribution in [0.2, 0.25) is 0 Å². The van der Waals surface area contributed by atoms with Crippen LogP contribution < -0.4 is 10.6 Å². The van der Waals surface area contributed by atoms with E-state index in [-0.39, 0.29) is 12.0 Å². The zero-order valence-electron chi connectivity index (χ0n) is 15.3. The second-order valence-corrected chi connectivity index (χ2v) is 6.68. The lowest BCUT2D eigenvalue weighted by atomic mass is 9.93. The number of anilines is 1. The Morgan fingerprint density at radius 2 is 2.04 bits per heavy atom. The van der Waals surface area contributed by atoms with Gasteiger partial charge >= 0.3 is 6.18 Å². The van der Waals surface area contributed by atoms with Gasteiger partial charge in [-0.15, -0.1) is 0 Å². The third kappa shape index (κ3) is 5.70. The number of allylic oxidation sites excluding steroid dienone is 5. The van der Waals surface area contributed by atoms with Crippen molar-refractivity contribution in [2.75, 3.05) is 11.9 Å². The zero-order valence-corrected chi connectivity index (χ0v) is 15.3. The van der Waals surface area contributed by atoms with Crippen molar-refractivity contribution in [3.8, 4) is 0 Å². The molecule has 146 valence electrons. The first-order valence-electron chi connectivity index (χ1n) is 8.58. The summed E-state index contributed by atoms with van der Waals surface area (Å²) >= 11 is 0. The number of nitrogens with zero attached hydrogens (tertiary/aromatic N) is 1. The largest absolute Gasteiger partial charge is 0.415 e. The average molecular weight is 381 g/mol. The SMILES string of the molecule is C=C(/C=C1\NCCC1Nc1ccc(F)cn1)/C(=C/C(=C)C(F)(F)F)C(C)C. The summed E-state index contributed by atoms with van der Waals surface area (Å²) < 4.78 is 51.5. The molecule has 1 unspecified atom stereocenters. The van der Waals surface area contributed by atoms with Gasteiger partial charge in [-0.1, -0.05) is 27.0 Å². The number of hydrogen-bond donors (Lipinski definition) is 2. The fraction of sp³-hybridized carbons (Fsp3) is 0.350. The Morgan fingerprint density at radius 1 is 1.33 bits per heavy atom. The molecule has 3 nitrogen and oxygen atoms in total. The minimum atomic E-state index is -4.47. The van der Waals surface area contributed by atoms with Gasteiger partial charge in [-0.25, -0.2) is 9.37 Å². The third-order valence-corrected chi connectivity index (χ3v) is 4.20. The molecular formula is C20H23F4N3. The van der Waals surface area contributed by atoms with Crippen LogP contribution in [0.4, 0.5) is 23.4 Å². The van der Waals surface area contributed by atoms with Crippen molar-refractivity contribution in [2.45, 2.75) is 32.5 Å². The highest BCUT2D eigenvalue weighted by molar-refractivity contribution is 5.47. The van der Waals surface area contributed by atoms with Gasteiger partial charge in [0.05, 0.1) is 12.2 Å². The molecule has 1 aliphatic heterocycles. The van der Waals surface area contributed by atoms with Crippen LogP contribution in [-0.4, -0.2) is 23.7 Å². The Labute approximate surface area is 156 Å². The Bertz CT molecular complexity index is 758. The summed E-state index contributed by atoms with van der Waals surface area (Å²) in [6.45, 7) is 11.4. The average Bonchev–Trinajstić information content (AvgIpc) is 2.99. The molecule has 7 heteroatoms. The number of halogens is 4. The topological polar surface area (TPSA) is 37.0 Å². The van der Waals surface area contributed by atoms with Gasteiger partial charge in [-0.2, -0.15) is 13.2 Å². The fourth-order valence-corrected chi connectivity index (χ4v) is 2.75. The molecule has 1 fully saturated rings. The molecule has 1 aromatic rings. The number of hydrogen-bond acceptors (Lipinski definition) is 3. The van der Waals surface area contributed by atoms with E-state index in [1.165, 1.54) is 12.1 Å². The molecule has 1 atom stereocenters. The van der Waals surface area contributed by atoms with E-state index in [9.17, 15) is 17.6 Å². The monoisotopic (exact) mass is 381 g/mol. The van der Waals surface area contributed by atoms with Gasteiger partial charge in [0.1, 0.15) is 11.6 Å². The molecule has 0 saturated carbocycles. The van der Waals surface area contributed by atoms with Crippen LogP contribution in [0.15, 0.2) is 66.1 Å². The van der Waals surface area contributed by atoms with Crippen molar-refractivity contribution in [3.63, 3.8) is 0 Å². The van der Waals surface area contributed by atoms with E-state index in [2.05, 4.69) is 28.8 Å². The van der Waals surface area contributed by atoms with E-state index in [1.807, 2.05) is 0 Å². The Morgan fingerprint density at radius 3 is 2.59 bits per heavy atom. The van der Waals surface area contributed by atoms with Crippen LogP contribution in [0.1, 0.15) is 20.3 Å². The van der Waals surface area contributed by atoms with Gasteiger partial charge < -0.3 is 10.6 Å². The molecule has 2 rings (SSSR count). The summed E-state index contributed by atoms with van der Waals surface area (Å²) in [7, 11) is 0. The number of aromatic nitrogens is 1. The molecule has 0 aromatic carbocycles. The fourth-order valence-electron chi connectivity index (χ4n) is 2.75. The zero-order chi connectivity index (χ0) is 20.2. The lowest BCUT2D eigenvalue weighted by Gasteiger charge is -2.18. The molecule has 0 bridgehead atoms. The van der Waals surface area contributed by atoms with Crippen LogP contribution >= 0.6 is 0 Å². The highest BCUT2D eigenvalue weighted by Crippen LogP contribution is 2.30. The van der Waals surface area contributed by atoms with E-state index in [1.54, 1.807) is 19.9 Å². The van der Waals surface area contributed by atoms with Gasteiger partial charge in [0, 0.05) is 17.8 Å². The summed E-state index contributed by atoms with van der Waals surface area (Å²) in [5, 5.41) is 6.40. The predicted octanol–water partition coefficient (Wildman–Crippen LogP) is 5.14. The first kappa shape index (κ1) is 20.7. The highest BCUT2D eigenvalue weighted by atomic mass is 19.4. The van der Waals surface area contributed by atoms with Crippen LogP contribution in [0, 0.1) is 11.7 Å². The van der Waals surface area contributed by atoms with Gasteiger partial charge in [0.15, 0.2) is 0 Å². The Balaban J connectivity index is 2.20. The summed E-state index contributed by atoms with van der Waals surface area (Å²) in [5.41, 5.74) is 0.849. The normalized spacial score (nSPS) is 19.3. The maximum Gasteiger partial charge on any atom is 0.415 e. The van der Waals surface area contributed by atoms with Crippen LogP contribution in [0.5, 0.6) is 0 Å². The minimum absolute atomic E-state index is 0.112. The van der Waals surface area contributed by atoms with E-state index in [4.69, 9.17) is 0 Å². The number of nitrogens with one attached hydrogen (secondary N) is 2. The first-order chi connectivity index (χ1) is 12.6. The molecule has 0 aliphatic carbocycles. The Hall–Kier alpha value is -2.57. The van der Waals surface area contributed by atoms with Crippen molar-refractivity contribution >= 4 is 5.82 Å². The summed E-state index contributed by atoms with van der Waals surface area (Å²) in [6, 6.07) is 2.73. The lowest BCUT2D eigenvalue weighted by Crippen LogP contribution is -2.21. The second-order valence-electron chi connectivity index (χ2n) is 6.68. The van der Waals surface area contributed by atoms with E-state index >= 15 is 0 Å². The van der Waals surface area contributed by atoms with Gasteiger partial charge in [-0.05, 0) is 47.8 Å². The Kier molecular flexibility index (Phi) is 6.46. The van der Waals surface area contributed by atoms with Gasteiger partial charge in [0.25, 0.3) is 0 Å². The van der Waals surface area contributed by atoms with Crippen LogP contribution in [-0.2, 0) is 0 Å². The van der Waals surface area contributed by atoms with Crippen LogP contribution in [0.3, 0.4) is 0 Å². The highest BCUT2D eigenvalue weighted by Gasteiger charge is 2.31. The maximum absolute atomic E-state index is 13.0. The molecule has 0 spiro atoms. The van der Waals surface area contributed by atoms with Crippen molar-refractivity contribution in [1.29, 1.82) is 0 Å². The molecular weight excluding hydrogens is 358 g/mol. The molecule has 0 amide bonds. The second kappa shape index (κ2) is 8.41. The number of alkyl halides is 3. The number of rotatable bonds is 6. The summed E-state index contributed by atoms with van der Waals surface area (Å²) in [5.74, 6) is -0.0578. The summed E-state index contributed by atoms with van der Waals surface area (Å²) in [4.78, 5) is 3.97. The van der Waals surface area contributed by atoms with Gasteiger partial charge in [0.2, 0.25) is 0 Å². The van der Waals surface area contributed by atoms with E-state index in [0.717, 1.165) is 24.4 Å². The first-order valence-corrected chi connectivity index (χ1v) is 8.58. The molecule has 27 heavy (non-hydrogen) atoms. The van der Waals surface area contributed by atoms with Crippen molar-refractivity contribution in [1.82, 2.24) is 10.3 Å². The lowest BCUT2D eigenvalue weighted by molar-refractivity contribution is -0.0878. The molecule has 2 N–H and O–H groups in total. The quantitative estimate of drug-likeness (QED) is 0.529. The minimum Gasteiger partial charge on any atom is -0.387 e. The third-order valence-electron chi connectivity index (χ3n) is 4.20. The van der Waals surface area contributed by atoms with E-state index in [0.29, 0.717) is 23.5 Å². The smallest absolute Gasteiger partial charge is 0.387 e. The van der Waals surface area contributed by atoms with Gasteiger partial charge in [-0.3, -0.25) is 0 Å². The molecule has 1 saturated heterocycles. The predicted molar refractivity (Wildman–Crippen MR) is 99.6 cm³/mol. The van der Waals surface area contributed by atoms with E-state index < -0.39 is 17.6 Å². The molecule has 2 heterocycles. The molecule has 1 aliphatic rings. The van der Waals surface area contributed by atoms with Crippen molar-refractivity contribution in [3.05, 3.63) is 71.9 Å². The number of pyridine rings is 1. The van der Waals surface area contributed by atoms with Crippen LogP contribution in [0.25, 0.3) is 0 Å². The van der Waals surface area contributed by atoms with Crippen molar-refractivity contribution in [2.24, 2.45) is 5.92 Å². The van der Waals surface area contributed by atoms with Crippen molar-refractivity contribution < 1.29 is 17.6 Å². The summed E-state index contributed by atoms with van der Waals surface area (Å²) in [6.07, 6.45) is 0.188. The standard InChI is InChI=1S/C20H23F4N3/c1-12(2)16(10-14(4)20(22,23)24)13(3)9-18-17(7-8-25-18)27-19-6-5-15(21)11-26-19/h5-6,9-12,17,25H,3-4,7-8H2,1-2H3,(H,26,27)/b16-10+,18-9-. The molecule has 0 radical (unpaired) electrons. The maximum atomic E-state index is 13.0. The molecule has 1 aromatic heterocycles.